The Bertz CT molecular complexity index is 739. The number of primary amides is 1. The maximum absolute atomic E-state index is 12.1. The summed E-state index contributed by atoms with van der Waals surface area (Å²) in [6, 6.07) is 9.69. The summed E-state index contributed by atoms with van der Waals surface area (Å²) in [5, 5.41) is 3.26. The Morgan fingerprint density at radius 2 is 2.04 bits per heavy atom. The minimum atomic E-state index is -0.380. The molecule has 2 rings (SSSR count). The third-order valence-corrected chi connectivity index (χ3v) is 5.36. The fourth-order valence-electron chi connectivity index (χ4n) is 1.83. The predicted octanol–water partition coefficient (Wildman–Crippen LogP) is 3.07. The van der Waals surface area contributed by atoms with Gasteiger partial charge >= 0.3 is 0 Å². The van der Waals surface area contributed by atoms with Crippen LogP contribution in [0.15, 0.2) is 40.6 Å². The van der Waals surface area contributed by atoms with Gasteiger partial charge in [0, 0.05) is 6.08 Å². The molecular formula is C16H17N3O2S2. The number of aromatic nitrogens is 1. The molecule has 120 valence electrons. The SMILES string of the molecule is CC(=CC(=O)Nc1nc(C)c(SCC(N)=O)s1)c1ccccc1. The van der Waals surface area contributed by atoms with Crippen molar-refractivity contribution in [3.05, 3.63) is 47.7 Å². The molecule has 7 heteroatoms. The summed E-state index contributed by atoms with van der Waals surface area (Å²) in [6.45, 7) is 3.72. The number of anilines is 1. The van der Waals surface area contributed by atoms with Crippen molar-refractivity contribution in [3.63, 3.8) is 0 Å². The van der Waals surface area contributed by atoms with Crippen molar-refractivity contribution < 1.29 is 9.59 Å². The number of benzene rings is 1. The zero-order chi connectivity index (χ0) is 16.8. The molecule has 0 saturated heterocycles. The number of nitrogens with one attached hydrogen (secondary N) is 1. The topological polar surface area (TPSA) is 85.1 Å². The molecule has 1 heterocycles. The number of hydrogen-bond donors (Lipinski definition) is 2. The van der Waals surface area contributed by atoms with E-state index >= 15 is 0 Å². The number of nitrogens with two attached hydrogens (primary N) is 1. The summed E-state index contributed by atoms with van der Waals surface area (Å²) < 4.78 is 0.878. The lowest BCUT2D eigenvalue weighted by Crippen LogP contribution is -2.12. The first-order valence-corrected chi connectivity index (χ1v) is 8.69. The van der Waals surface area contributed by atoms with Gasteiger partial charge in [0.1, 0.15) is 0 Å². The van der Waals surface area contributed by atoms with Gasteiger partial charge in [-0.15, -0.1) is 11.8 Å². The number of thioether (sulfide) groups is 1. The second kappa shape index (κ2) is 7.94. The maximum Gasteiger partial charge on any atom is 0.250 e. The van der Waals surface area contributed by atoms with Crippen LogP contribution in [-0.2, 0) is 9.59 Å². The Morgan fingerprint density at radius 3 is 2.70 bits per heavy atom. The summed E-state index contributed by atoms with van der Waals surface area (Å²) in [7, 11) is 0. The van der Waals surface area contributed by atoms with Crippen LogP contribution in [0.1, 0.15) is 18.2 Å². The van der Waals surface area contributed by atoms with Crippen molar-refractivity contribution in [2.75, 3.05) is 11.1 Å². The summed E-state index contributed by atoms with van der Waals surface area (Å²) in [6.07, 6.45) is 1.54. The van der Waals surface area contributed by atoms with Gasteiger partial charge in [0.25, 0.3) is 0 Å². The smallest absolute Gasteiger partial charge is 0.250 e. The van der Waals surface area contributed by atoms with Gasteiger partial charge < -0.3 is 5.73 Å². The van der Waals surface area contributed by atoms with E-state index in [-0.39, 0.29) is 17.6 Å². The number of carbonyl (C=O) groups is 2. The minimum absolute atomic E-state index is 0.198. The Balaban J connectivity index is 2.03. The van der Waals surface area contributed by atoms with Gasteiger partial charge in [0.05, 0.1) is 15.7 Å². The largest absolute Gasteiger partial charge is 0.369 e. The molecule has 0 aliphatic rings. The molecule has 0 fully saturated rings. The first-order chi connectivity index (χ1) is 11.0. The number of hydrogen-bond acceptors (Lipinski definition) is 5. The van der Waals surface area contributed by atoms with Crippen LogP contribution in [0.5, 0.6) is 0 Å². The molecular weight excluding hydrogens is 330 g/mol. The fourth-order valence-corrected chi connectivity index (χ4v) is 3.71. The average Bonchev–Trinajstić information content (AvgIpc) is 2.85. The van der Waals surface area contributed by atoms with Crippen LogP contribution in [0, 0.1) is 6.92 Å². The molecule has 0 unspecified atom stereocenters. The van der Waals surface area contributed by atoms with Crippen molar-refractivity contribution in [2.24, 2.45) is 5.73 Å². The second-order valence-electron chi connectivity index (χ2n) is 4.83. The minimum Gasteiger partial charge on any atom is -0.369 e. The van der Waals surface area contributed by atoms with Crippen molar-refractivity contribution in [1.29, 1.82) is 0 Å². The first kappa shape index (κ1) is 17.2. The highest BCUT2D eigenvalue weighted by molar-refractivity contribution is 8.01. The zero-order valence-electron chi connectivity index (χ0n) is 12.8. The number of carbonyl (C=O) groups excluding carboxylic acids is 2. The van der Waals surface area contributed by atoms with E-state index in [0.717, 1.165) is 21.0 Å². The lowest BCUT2D eigenvalue weighted by Gasteiger charge is -2.01. The highest BCUT2D eigenvalue weighted by atomic mass is 32.2. The van der Waals surface area contributed by atoms with E-state index in [9.17, 15) is 9.59 Å². The molecule has 1 aromatic carbocycles. The molecule has 0 saturated carbocycles. The van der Waals surface area contributed by atoms with Gasteiger partial charge in [-0.3, -0.25) is 14.9 Å². The standard InChI is InChI=1S/C16H17N3O2S2/c1-10(12-6-4-3-5-7-12)8-14(21)19-16-18-11(2)15(23-16)22-9-13(17)20/h3-8H,9H2,1-2H3,(H2,17,20)(H,18,19,21). The van der Waals surface area contributed by atoms with Crippen molar-refractivity contribution in [3.8, 4) is 0 Å². The average molecular weight is 347 g/mol. The van der Waals surface area contributed by atoms with Gasteiger partial charge in [-0.25, -0.2) is 4.98 Å². The number of nitrogens with zero attached hydrogens (tertiary/aromatic N) is 1. The zero-order valence-corrected chi connectivity index (χ0v) is 14.5. The van der Waals surface area contributed by atoms with E-state index < -0.39 is 0 Å². The number of amides is 2. The number of allylic oxidation sites excluding steroid dienone is 1. The molecule has 0 spiro atoms. The van der Waals surface area contributed by atoms with Crippen molar-refractivity contribution in [2.45, 2.75) is 18.1 Å². The second-order valence-corrected chi connectivity index (χ2v) is 7.07. The van der Waals surface area contributed by atoms with Crippen LogP contribution in [0.3, 0.4) is 0 Å². The van der Waals surface area contributed by atoms with Crippen LogP contribution in [-0.4, -0.2) is 22.6 Å². The summed E-state index contributed by atoms with van der Waals surface area (Å²) in [4.78, 5) is 27.2. The molecule has 5 nitrogen and oxygen atoms in total. The Labute approximate surface area is 143 Å². The third kappa shape index (κ3) is 5.22. The number of rotatable bonds is 6. The molecule has 1 aromatic heterocycles. The summed E-state index contributed by atoms with van der Waals surface area (Å²) in [5.74, 6) is -0.412. The lowest BCUT2D eigenvalue weighted by atomic mass is 10.1. The first-order valence-electron chi connectivity index (χ1n) is 6.89. The lowest BCUT2D eigenvalue weighted by molar-refractivity contribution is -0.115. The monoisotopic (exact) mass is 347 g/mol. The fraction of sp³-hybridized carbons (Fsp3) is 0.188. The Hall–Kier alpha value is -2.12. The van der Waals surface area contributed by atoms with Crippen molar-refractivity contribution >= 4 is 45.6 Å². The predicted molar refractivity (Wildman–Crippen MR) is 95.5 cm³/mol. The van der Waals surface area contributed by atoms with Gasteiger partial charge in [-0.2, -0.15) is 0 Å². The van der Waals surface area contributed by atoms with E-state index in [1.165, 1.54) is 23.1 Å². The van der Waals surface area contributed by atoms with Gasteiger partial charge in [-0.05, 0) is 25.0 Å². The van der Waals surface area contributed by atoms with Gasteiger partial charge in [0.15, 0.2) is 5.13 Å². The van der Waals surface area contributed by atoms with E-state index in [1.807, 2.05) is 44.2 Å². The van der Waals surface area contributed by atoms with Crippen LogP contribution in [0.4, 0.5) is 5.13 Å². The number of aryl methyl sites for hydroxylation is 1. The molecule has 0 radical (unpaired) electrons. The van der Waals surface area contributed by atoms with Crippen molar-refractivity contribution in [1.82, 2.24) is 4.98 Å². The molecule has 0 aliphatic heterocycles. The molecule has 0 aliphatic carbocycles. The van der Waals surface area contributed by atoms with E-state index in [4.69, 9.17) is 5.73 Å². The van der Waals surface area contributed by atoms with Crippen LogP contribution in [0.25, 0.3) is 5.57 Å². The Morgan fingerprint density at radius 1 is 1.35 bits per heavy atom. The van der Waals surface area contributed by atoms with Gasteiger partial charge in [-0.1, -0.05) is 41.7 Å². The van der Waals surface area contributed by atoms with E-state index in [2.05, 4.69) is 10.3 Å². The van der Waals surface area contributed by atoms with Crippen LogP contribution in [0.2, 0.25) is 0 Å². The molecule has 2 aromatic rings. The Kier molecular flexibility index (Phi) is 5.95. The molecule has 23 heavy (non-hydrogen) atoms. The molecule has 0 bridgehead atoms. The summed E-state index contributed by atoms with van der Waals surface area (Å²) in [5.41, 5.74) is 7.78. The van der Waals surface area contributed by atoms with Gasteiger partial charge in [0.2, 0.25) is 11.8 Å². The summed E-state index contributed by atoms with van der Waals surface area (Å²) >= 11 is 2.66. The molecule has 3 N–H and O–H groups in total. The van der Waals surface area contributed by atoms with Crippen LogP contribution < -0.4 is 11.1 Å². The normalized spacial score (nSPS) is 11.3. The van der Waals surface area contributed by atoms with Crippen LogP contribution >= 0.6 is 23.1 Å². The highest BCUT2D eigenvalue weighted by Crippen LogP contribution is 2.31. The quantitative estimate of drug-likeness (QED) is 0.621. The van der Waals surface area contributed by atoms with E-state index in [1.54, 1.807) is 6.08 Å². The maximum atomic E-state index is 12.1. The van der Waals surface area contributed by atoms with E-state index in [0.29, 0.717) is 5.13 Å². The highest BCUT2D eigenvalue weighted by Gasteiger charge is 2.11. The number of thiazole rings is 1. The molecule has 2 amide bonds. The third-order valence-electron chi connectivity index (χ3n) is 2.91. The molecule has 0 atom stereocenters.